The first-order chi connectivity index (χ1) is 11.2. The monoisotopic (exact) mass is 309 g/mol. The number of rotatable bonds is 5. The normalized spacial score (nSPS) is 11.1. The fraction of sp³-hybridized carbons (Fsp3) is 0.158. The van der Waals surface area contributed by atoms with Gasteiger partial charge < -0.3 is 19.2 Å². The van der Waals surface area contributed by atoms with Crippen LogP contribution in [0, 0.1) is 0 Å². The number of hydrogen-bond donors (Lipinski definition) is 1. The molecule has 0 bridgehead atoms. The van der Waals surface area contributed by atoms with Crippen molar-refractivity contribution in [3.8, 4) is 17.2 Å². The quantitative estimate of drug-likeness (QED) is 0.761. The van der Waals surface area contributed by atoms with E-state index >= 15 is 0 Å². The van der Waals surface area contributed by atoms with E-state index in [9.17, 15) is 0 Å². The van der Waals surface area contributed by atoms with E-state index in [2.05, 4.69) is 23.2 Å². The van der Waals surface area contributed by atoms with Crippen molar-refractivity contribution < 1.29 is 14.2 Å². The molecule has 4 heteroatoms. The van der Waals surface area contributed by atoms with Crippen LogP contribution in [0.3, 0.4) is 0 Å². The van der Waals surface area contributed by atoms with Gasteiger partial charge in [-0.15, -0.1) is 0 Å². The molecule has 0 aliphatic rings. The molecular weight excluding hydrogens is 290 g/mol. The minimum atomic E-state index is 0.595. The second kappa shape index (κ2) is 6.48. The van der Waals surface area contributed by atoms with Gasteiger partial charge in [0.05, 0.1) is 21.3 Å². The maximum absolute atomic E-state index is 5.37. The van der Waals surface area contributed by atoms with Gasteiger partial charge in [-0.1, -0.05) is 24.3 Å². The predicted octanol–water partition coefficient (Wildman–Crippen LogP) is 4.36. The van der Waals surface area contributed by atoms with Crippen LogP contribution in [-0.4, -0.2) is 26.3 Å². The van der Waals surface area contributed by atoms with Crippen molar-refractivity contribution in [1.29, 1.82) is 0 Å². The Labute approximate surface area is 135 Å². The fourth-order valence-corrected chi connectivity index (χ4v) is 2.57. The van der Waals surface area contributed by atoms with Crippen LogP contribution in [0.1, 0.15) is 11.3 Å². The minimum absolute atomic E-state index is 0.595. The van der Waals surface area contributed by atoms with Crippen LogP contribution >= 0.6 is 0 Å². The highest BCUT2D eigenvalue weighted by Gasteiger charge is 2.11. The molecule has 0 unspecified atom stereocenters. The van der Waals surface area contributed by atoms with Crippen LogP contribution in [0.5, 0.6) is 17.2 Å². The van der Waals surface area contributed by atoms with Crippen LogP contribution in [0.25, 0.3) is 23.1 Å². The Kier molecular flexibility index (Phi) is 4.24. The number of para-hydroxylation sites is 1. The van der Waals surface area contributed by atoms with Gasteiger partial charge >= 0.3 is 0 Å². The standard InChI is InChI=1S/C19H19NO3/c1-21-17-10-13(11-18(22-2)19(17)23-3)8-9-15-12-14-6-4-5-7-16(14)20-15/h4-12,20H,1-3H3/b9-8-. The van der Waals surface area contributed by atoms with Gasteiger partial charge in [-0.05, 0) is 41.3 Å². The highest BCUT2D eigenvalue weighted by molar-refractivity contribution is 5.84. The molecule has 23 heavy (non-hydrogen) atoms. The number of benzene rings is 2. The summed E-state index contributed by atoms with van der Waals surface area (Å²) in [7, 11) is 4.82. The van der Waals surface area contributed by atoms with Crippen molar-refractivity contribution in [1.82, 2.24) is 4.98 Å². The summed E-state index contributed by atoms with van der Waals surface area (Å²) < 4.78 is 16.1. The van der Waals surface area contributed by atoms with Crippen molar-refractivity contribution in [2.45, 2.75) is 0 Å². The van der Waals surface area contributed by atoms with Crippen LogP contribution in [0.4, 0.5) is 0 Å². The maximum Gasteiger partial charge on any atom is 0.203 e. The van der Waals surface area contributed by atoms with Crippen molar-refractivity contribution in [2.24, 2.45) is 0 Å². The first-order valence-electron chi connectivity index (χ1n) is 7.31. The topological polar surface area (TPSA) is 43.5 Å². The van der Waals surface area contributed by atoms with Gasteiger partial charge in [0.1, 0.15) is 0 Å². The van der Waals surface area contributed by atoms with Gasteiger partial charge in [0.2, 0.25) is 5.75 Å². The number of aromatic nitrogens is 1. The Morgan fingerprint density at radius 1 is 0.826 bits per heavy atom. The van der Waals surface area contributed by atoms with Gasteiger partial charge in [-0.2, -0.15) is 0 Å². The largest absolute Gasteiger partial charge is 0.493 e. The van der Waals surface area contributed by atoms with E-state index in [4.69, 9.17) is 14.2 Å². The van der Waals surface area contributed by atoms with Gasteiger partial charge in [-0.3, -0.25) is 0 Å². The zero-order valence-corrected chi connectivity index (χ0v) is 13.4. The van der Waals surface area contributed by atoms with E-state index in [0.717, 1.165) is 16.8 Å². The number of ether oxygens (including phenoxy) is 3. The minimum Gasteiger partial charge on any atom is -0.493 e. The van der Waals surface area contributed by atoms with Crippen molar-refractivity contribution >= 4 is 23.1 Å². The summed E-state index contributed by atoms with van der Waals surface area (Å²) in [6, 6.07) is 14.1. The van der Waals surface area contributed by atoms with Crippen molar-refractivity contribution in [3.05, 3.63) is 53.7 Å². The summed E-state index contributed by atoms with van der Waals surface area (Å²) in [6.07, 6.45) is 4.04. The summed E-state index contributed by atoms with van der Waals surface area (Å²) in [4.78, 5) is 3.37. The molecule has 118 valence electrons. The number of H-pyrrole nitrogens is 1. The van der Waals surface area contributed by atoms with E-state index < -0.39 is 0 Å². The lowest BCUT2D eigenvalue weighted by Gasteiger charge is -2.12. The molecule has 0 aliphatic heterocycles. The third-order valence-corrected chi connectivity index (χ3v) is 3.69. The van der Waals surface area contributed by atoms with E-state index in [1.807, 2.05) is 36.4 Å². The molecule has 0 atom stereocenters. The SMILES string of the molecule is COc1cc(/C=C\c2cc3ccccc3[nH]2)cc(OC)c1OC. The summed E-state index contributed by atoms with van der Waals surface area (Å²) in [5, 5.41) is 1.19. The molecule has 0 radical (unpaired) electrons. The Morgan fingerprint density at radius 3 is 2.13 bits per heavy atom. The molecule has 0 aliphatic carbocycles. The predicted molar refractivity (Wildman–Crippen MR) is 93.3 cm³/mol. The number of aromatic amines is 1. The lowest BCUT2D eigenvalue weighted by molar-refractivity contribution is 0.324. The molecule has 3 rings (SSSR count). The second-order valence-electron chi connectivity index (χ2n) is 5.10. The van der Waals surface area contributed by atoms with E-state index in [0.29, 0.717) is 17.2 Å². The molecule has 1 heterocycles. The Bertz CT molecular complexity index is 791. The molecule has 1 aromatic heterocycles. The number of fused-ring (bicyclic) bond motifs is 1. The van der Waals surface area contributed by atoms with Crippen LogP contribution in [0.15, 0.2) is 42.5 Å². The molecule has 3 aromatic rings. The Morgan fingerprint density at radius 2 is 1.52 bits per heavy atom. The molecule has 0 saturated heterocycles. The highest BCUT2D eigenvalue weighted by Crippen LogP contribution is 2.38. The summed E-state index contributed by atoms with van der Waals surface area (Å²) in [5.41, 5.74) is 3.13. The van der Waals surface area contributed by atoms with Gasteiger partial charge in [0.15, 0.2) is 11.5 Å². The second-order valence-corrected chi connectivity index (χ2v) is 5.10. The molecule has 0 spiro atoms. The Hall–Kier alpha value is -2.88. The van der Waals surface area contributed by atoms with Crippen molar-refractivity contribution in [3.63, 3.8) is 0 Å². The maximum atomic E-state index is 5.37. The lowest BCUT2D eigenvalue weighted by Crippen LogP contribution is -1.95. The molecule has 0 amide bonds. The zero-order chi connectivity index (χ0) is 16.2. The number of methoxy groups -OCH3 is 3. The van der Waals surface area contributed by atoms with Crippen LogP contribution in [0.2, 0.25) is 0 Å². The van der Waals surface area contributed by atoms with Crippen LogP contribution in [-0.2, 0) is 0 Å². The third-order valence-electron chi connectivity index (χ3n) is 3.69. The van der Waals surface area contributed by atoms with Crippen molar-refractivity contribution in [2.75, 3.05) is 21.3 Å². The first kappa shape index (κ1) is 15.0. The molecule has 4 nitrogen and oxygen atoms in total. The zero-order valence-electron chi connectivity index (χ0n) is 13.4. The third kappa shape index (κ3) is 3.01. The summed E-state index contributed by atoms with van der Waals surface area (Å²) >= 11 is 0. The van der Waals surface area contributed by atoms with E-state index in [1.54, 1.807) is 21.3 Å². The van der Waals surface area contributed by atoms with Gasteiger partial charge in [0.25, 0.3) is 0 Å². The number of nitrogens with one attached hydrogen (secondary N) is 1. The van der Waals surface area contributed by atoms with E-state index in [-0.39, 0.29) is 0 Å². The lowest BCUT2D eigenvalue weighted by atomic mass is 10.1. The number of hydrogen-bond acceptors (Lipinski definition) is 3. The fourth-order valence-electron chi connectivity index (χ4n) is 2.57. The van der Waals surface area contributed by atoms with Gasteiger partial charge in [0, 0.05) is 11.2 Å². The molecule has 1 N–H and O–H groups in total. The highest BCUT2D eigenvalue weighted by atomic mass is 16.5. The summed E-state index contributed by atoms with van der Waals surface area (Å²) in [6.45, 7) is 0. The smallest absolute Gasteiger partial charge is 0.203 e. The first-order valence-corrected chi connectivity index (χ1v) is 7.31. The average molecular weight is 309 g/mol. The van der Waals surface area contributed by atoms with Gasteiger partial charge in [-0.25, -0.2) is 0 Å². The Balaban J connectivity index is 1.95. The molecule has 2 aromatic carbocycles. The summed E-state index contributed by atoms with van der Waals surface area (Å²) in [5.74, 6) is 1.88. The van der Waals surface area contributed by atoms with E-state index in [1.165, 1.54) is 5.39 Å². The average Bonchev–Trinajstić information content (AvgIpc) is 3.01. The molecule has 0 fully saturated rings. The van der Waals surface area contributed by atoms with Crippen LogP contribution < -0.4 is 14.2 Å². The molecular formula is C19H19NO3. The molecule has 0 saturated carbocycles.